The summed E-state index contributed by atoms with van der Waals surface area (Å²) in [7, 11) is -4.44. The molecule has 0 saturated carbocycles. The third-order valence-corrected chi connectivity index (χ3v) is 10.1. The number of allylic oxidation sites excluding steroid dienone is 12. The summed E-state index contributed by atoms with van der Waals surface area (Å²) >= 11 is 0. The second-order valence-electron chi connectivity index (χ2n) is 14.9. The molecule has 0 rings (SSSR count). The van der Waals surface area contributed by atoms with Crippen molar-refractivity contribution in [2.75, 3.05) is 26.4 Å². The van der Waals surface area contributed by atoms with Crippen LogP contribution >= 0.6 is 7.82 Å². The molecular weight excluding hydrogens is 794 g/mol. The van der Waals surface area contributed by atoms with E-state index in [1.807, 2.05) is 42.5 Å². The highest BCUT2D eigenvalue weighted by molar-refractivity contribution is 7.47. The van der Waals surface area contributed by atoms with Gasteiger partial charge in [-0.2, -0.15) is 0 Å². The molecule has 0 amide bonds. The predicted molar refractivity (Wildman–Crippen MR) is 250 cm³/mol. The Hall–Kier alpha value is -3.15. The maximum Gasteiger partial charge on any atom is 0.472 e. The number of nitrogens with two attached hydrogens (primary N) is 1. The molecular formula is C49H82NO10P. The first-order chi connectivity index (χ1) is 29.6. The number of rotatable bonds is 41. The molecule has 0 heterocycles. The van der Waals surface area contributed by atoms with Crippen LogP contribution in [-0.4, -0.2) is 71.7 Å². The lowest BCUT2D eigenvalue weighted by atomic mass is 10.1. The molecule has 0 aromatic heterocycles. The normalized spacial score (nSPS) is 15.2. The van der Waals surface area contributed by atoms with Gasteiger partial charge in [0.2, 0.25) is 0 Å². The van der Waals surface area contributed by atoms with E-state index >= 15 is 0 Å². The van der Waals surface area contributed by atoms with Crippen molar-refractivity contribution in [1.29, 1.82) is 0 Å². The fraction of sp³-hybridized carbons (Fsp3) is 0.633. The number of phosphoric acid groups is 1. The third-order valence-electron chi connectivity index (χ3n) is 9.13. The van der Waals surface area contributed by atoms with E-state index in [-0.39, 0.29) is 32.6 Å². The van der Waals surface area contributed by atoms with Gasteiger partial charge in [0, 0.05) is 19.4 Å². The number of aliphatic hydroxyl groups excluding tert-OH is 2. The summed E-state index contributed by atoms with van der Waals surface area (Å²) in [6.45, 7) is 3.27. The highest BCUT2D eigenvalue weighted by atomic mass is 31.2. The molecule has 0 fully saturated rings. The summed E-state index contributed by atoms with van der Waals surface area (Å²) in [5.74, 6) is -1.02. The summed E-state index contributed by atoms with van der Waals surface area (Å²) in [5, 5.41) is 20.0. The van der Waals surface area contributed by atoms with E-state index in [1.54, 1.807) is 30.4 Å². The largest absolute Gasteiger partial charge is 0.472 e. The SMILES string of the molecule is CC/C=C\C[C@H](O)/C=C/C=C\C/C=C\C=C\[C@H](O)/C=C\CCCC(=O)O[C@H](COC(=O)CCCCCCCCCCC/C=C\C/C=C\CCCCC)COP(=O)(O)OCCN. The first-order valence-corrected chi connectivity index (χ1v) is 24.4. The average Bonchev–Trinajstić information content (AvgIpc) is 3.24. The third kappa shape index (κ3) is 43.3. The van der Waals surface area contributed by atoms with Gasteiger partial charge in [0.1, 0.15) is 6.61 Å². The van der Waals surface area contributed by atoms with Crippen molar-refractivity contribution in [3.63, 3.8) is 0 Å². The lowest BCUT2D eigenvalue weighted by molar-refractivity contribution is -0.161. The van der Waals surface area contributed by atoms with Crippen molar-refractivity contribution in [1.82, 2.24) is 0 Å². The molecule has 0 aromatic rings. The van der Waals surface area contributed by atoms with Crippen molar-refractivity contribution in [3.05, 3.63) is 97.2 Å². The second-order valence-corrected chi connectivity index (χ2v) is 16.4. The van der Waals surface area contributed by atoms with Crippen LogP contribution in [0.4, 0.5) is 0 Å². The summed E-state index contributed by atoms with van der Waals surface area (Å²) in [6.07, 6.45) is 49.4. The van der Waals surface area contributed by atoms with Gasteiger partial charge in [0.25, 0.3) is 0 Å². The Kier molecular flexibility index (Phi) is 41.3. The van der Waals surface area contributed by atoms with Crippen LogP contribution in [0.25, 0.3) is 0 Å². The number of aliphatic hydroxyl groups is 2. The van der Waals surface area contributed by atoms with E-state index in [0.29, 0.717) is 32.1 Å². The van der Waals surface area contributed by atoms with Crippen molar-refractivity contribution in [2.24, 2.45) is 5.73 Å². The maximum atomic E-state index is 12.6. The molecule has 0 spiro atoms. The number of esters is 2. The summed E-state index contributed by atoms with van der Waals surface area (Å²) in [4.78, 5) is 34.9. The van der Waals surface area contributed by atoms with Gasteiger partial charge in [0.05, 0.1) is 25.4 Å². The molecule has 0 aromatic carbocycles. The number of hydrogen-bond acceptors (Lipinski definition) is 10. The summed E-state index contributed by atoms with van der Waals surface area (Å²) < 4.78 is 32.7. The lowest BCUT2D eigenvalue weighted by Gasteiger charge is -2.19. The van der Waals surface area contributed by atoms with Crippen LogP contribution in [0.1, 0.15) is 155 Å². The molecule has 0 radical (unpaired) electrons. The van der Waals surface area contributed by atoms with Crippen LogP contribution < -0.4 is 5.73 Å². The van der Waals surface area contributed by atoms with Crippen LogP contribution in [0.2, 0.25) is 0 Å². The fourth-order valence-corrected chi connectivity index (χ4v) is 6.46. The summed E-state index contributed by atoms with van der Waals surface area (Å²) in [5.41, 5.74) is 5.34. The maximum absolute atomic E-state index is 12.6. The number of phosphoric ester groups is 1. The molecule has 0 aliphatic carbocycles. The Morgan fingerprint density at radius 1 is 0.607 bits per heavy atom. The molecule has 0 saturated heterocycles. The number of ether oxygens (including phenoxy) is 2. The topological polar surface area (TPSA) is 175 Å². The van der Waals surface area contributed by atoms with Gasteiger partial charge in [-0.3, -0.25) is 18.6 Å². The van der Waals surface area contributed by atoms with Crippen molar-refractivity contribution in [2.45, 2.75) is 173 Å². The highest BCUT2D eigenvalue weighted by Crippen LogP contribution is 2.43. The van der Waals surface area contributed by atoms with E-state index in [0.717, 1.165) is 38.5 Å². The van der Waals surface area contributed by atoms with Gasteiger partial charge in [-0.15, -0.1) is 0 Å². The molecule has 11 nitrogen and oxygen atoms in total. The monoisotopic (exact) mass is 876 g/mol. The van der Waals surface area contributed by atoms with E-state index < -0.39 is 44.7 Å². The Morgan fingerprint density at radius 2 is 1.20 bits per heavy atom. The number of carbonyl (C=O) groups is 2. The van der Waals surface area contributed by atoms with Gasteiger partial charge in [0.15, 0.2) is 6.10 Å². The molecule has 12 heteroatoms. The Bertz CT molecular complexity index is 1350. The Labute approximate surface area is 369 Å². The average molecular weight is 876 g/mol. The molecule has 0 bridgehead atoms. The Balaban J connectivity index is 4.38. The highest BCUT2D eigenvalue weighted by Gasteiger charge is 2.26. The molecule has 1 unspecified atom stereocenters. The smallest absolute Gasteiger partial charge is 0.462 e. The zero-order valence-electron chi connectivity index (χ0n) is 37.6. The fourth-order valence-electron chi connectivity index (χ4n) is 5.70. The first kappa shape index (κ1) is 57.9. The van der Waals surface area contributed by atoms with Gasteiger partial charge in [-0.25, -0.2) is 4.57 Å². The predicted octanol–water partition coefficient (Wildman–Crippen LogP) is 11.3. The quantitative estimate of drug-likeness (QED) is 0.0151. The minimum Gasteiger partial charge on any atom is -0.462 e. The molecule has 4 atom stereocenters. The zero-order valence-corrected chi connectivity index (χ0v) is 38.5. The molecule has 5 N–H and O–H groups in total. The van der Waals surface area contributed by atoms with Crippen LogP contribution in [0.3, 0.4) is 0 Å². The number of carbonyl (C=O) groups excluding carboxylic acids is 2. The van der Waals surface area contributed by atoms with Gasteiger partial charge < -0.3 is 30.3 Å². The number of unbranched alkanes of at least 4 members (excludes halogenated alkanes) is 13. The standard InChI is InChI=1S/C49H82NO10P/c1-3-5-7-8-9-10-11-12-13-14-15-16-17-18-19-20-24-27-33-39-48(53)57-43-47(44-59-61(55,56)58-42-41-50)60-49(54)40-34-28-32-38-46(52)37-31-26-23-21-22-25-30-36-45(51)35-29-6-4-2/h6,9-10,12-13,22-23,25-26,29-32,36-38,45-47,51-52H,3-5,7-8,11,14-21,24,27-28,33-35,39-44,50H2,1-2H3,(H,55,56)/b10-9-,13-12-,25-22-,26-23-,29-6-,36-30+,37-31+,38-32-/t45-,46-,47+/m0/s1. The molecule has 0 aliphatic heterocycles. The van der Waals surface area contributed by atoms with Crippen molar-refractivity contribution in [3.8, 4) is 0 Å². The van der Waals surface area contributed by atoms with E-state index in [9.17, 15) is 29.3 Å². The number of hydrogen-bond donors (Lipinski definition) is 4. The van der Waals surface area contributed by atoms with Crippen LogP contribution in [0, 0.1) is 0 Å². The van der Waals surface area contributed by atoms with Crippen LogP contribution in [0.15, 0.2) is 97.2 Å². The van der Waals surface area contributed by atoms with Crippen molar-refractivity contribution >= 4 is 19.8 Å². The van der Waals surface area contributed by atoms with Crippen LogP contribution in [-0.2, 0) is 32.7 Å². The Morgan fingerprint density at radius 3 is 1.85 bits per heavy atom. The lowest BCUT2D eigenvalue weighted by Crippen LogP contribution is -2.29. The van der Waals surface area contributed by atoms with E-state index in [1.165, 1.54) is 57.8 Å². The first-order valence-electron chi connectivity index (χ1n) is 22.9. The minimum atomic E-state index is -4.44. The van der Waals surface area contributed by atoms with E-state index in [2.05, 4.69) is 38.2 Å². The second kappa shape index (κ2) is 43.5. The summed E-state index contributed by atoms with van der Waals surface area (Å²) in [6, 6.07) is 0. The molecule has 61 heavy (non-hydrogen) atoms. The van der Waals surface area contributed by atoms with Gasteiger partial charge in [-0.05, 0) is 70.6 Å². The van der Waals surface area contributed by atoms with Crippen LogP contribution in [0.5, 0.6) is 0 Å². The zero-order chi connectivity index (χ0) is 44.9. The van der Waals surface area contributed by atoms with Gasteiger partial charge >= 0.3 is 19.8 Å². The molecule has 0 aliphatic rings. The van der Waals surface area contributed by atoms with Gasteiger partial charge in [-0.1, -0.05) is 169 Å². The van der Waals surface area contributed by atoms with E-state index in [4.69, 9.17) is 24.3 Å². The van der Waals surface area contributed by atoms with Crippen molar-refractivity contribution < 1.29 is 47.8 Å². The molecule has 348 valence electrons. The minimum absolute atomic E-state index is 0.0142.